The summed E-state index contributed by atoms with van der Waals surface area (Å²) < 4.78 is 0. The third kappa shape index (κ3) is 10.6. The Labute approximate surface area is 161 Å². The molecule has 1 atom stereocenters. The minimum absolute atomic E-state index is 0.584. The predicted molar refractivity (Wildman–Crippen MR) is 118 cm³/mol. The molecule has 1 heterocycles. The highest BCUT2D eigenvalue weighted by Crippen LogP contribution is 2.22. The molecular formula is C23H47NSi. The second kappa shape index (κ2) is 15.0. The molecule has 0 bridgehead atoms. The van der Waals surface area contributed by atoms with Crippen LogP contribution in [0, 0.1) is 0 Å². The van der Waals surface area contributed by atoms with Crippen molar-refractivity contribution in [3.05, 3.63) is 12.2 Å². The summed E-state index contributed by atoms with van der Waals surface area (Å²) in [5.74, 6) is 0. The molecule has 0 saturated carbocycles. The minimum Gasteiger partial charge on any atom is -0.297 e. The molecule has 0 N–H and O–H groups in total. The third-order valence-corrected chi connectivity index (χ3v) is 10.1. The first-order valence-corrected chi connectivity index (χ1v) is 14.1. The second-order valence-corrected chi connectivity index (χ2v) is 11.8. The van der Waals surface area contributed by atoms with Gasteiger partial charge < -0.3 is 0 Å². The maximum atomic E-state index is 4.57. The lowest BCUT2D eigenvalue weighted by Gasteiger charge is -2.32. The number of nitrogens with zero attached hydrogens (tertiary/aromatic N) is 1. The van der Waals surface area contributed by atoms with Crippen LogP contribution in [-0.4, -0.2) is 32.8 Å². The topological polar surface area (TPSA) is 3.24 Å². The van der Waals surface area contributed by atoms with E-state index < -0.39 is 8.80 Å². The molecule has 25 heavy (non-hydrogen) atoms. The summed E-state index contributed by atoms with van der Waals surface area (Å²) in [5, 5.41) is 0. The zero-order valence-electron chi connectivity index (χ0n) is 17.8. The molecule has 0 aromatic rings. The average Bonchev–Trinajstić information content (AvgIpc) is 2.62. The predicted octanol–water partition coefficient (Wildman–Crippen LogP) is 7.19. The van der Waals surface area contributed by atoms with Crippen molar-refractivity contribution in [3.63, 3.8) is 0 Å². The molecule has 0 aromatic carbocycles. The lowest BCUT2D eigenvalue weighted by Crippen LogP contribution is -2.37. The molecule has 148 valence electrons. The van der Waals surface area contributed by atoms with Gasteiger partial charge >= 0.3 is 0 Å². The minimum atomic E-state index is -0.584. The lowest BCUT2D eigenvalue weighted by molar-refractivity contribution is 0.223. The maximum absolute atomic E-state index is 4.57. The van der Waals surface area contributed by atoms with E-state index in [1.54, 1.807) is 5.57 Å². The molecular weight excluding hydrogens is 318 g/mol. The average molecular weight is 366 g/mol. The van der Waals surface area contributed by atoms with Gasteiger partial charge in [0, 0.05) is 14.8 Å². The Morgan fingerprint density at radius 1 is 0.800 bits per heavy atom. The van der Waals surface area contributed by atoms with Crippen LogP contribution in [-0.2, 0) is 0 Å². The highest BCUT2D eigenvalue weighted by Gasteiger charge is 2.19. The van der Waals surface area contributed by atoms with E-state index in [1.807, 2.05) is 0 Å². The van der Waals surface area contributed by atoms with Crippen LogP contribution in [0.15, 0.2) is 12.2 Å². The van der Waals surface area contributed by atoms with Crippen molar-refractivity contribution in [1.82, 2.24) is 4.90 Å². The van der Waals surface area contributed by atoms with Crippen molar-refractivity contribution >= 4 is 8.80 Å². The van der Waals surface area contributed by atoms with Crippen LogP contribution < -0.4 is 0 Å². The SMILES string of the molecule is C=C(C[SiH](CCC)CCC)C(C)N1CCCCCCCCCCCC1. The van der Waals surface area contributed by atoms with Gasteiger partial charge in [0.15, 0.2) is 0 Å². The van der Waals surface area contributed by atoms with E-state index in [0.29, 0.717) is 6.04 Å². The van der Waals surface area contributed by atoms with Gasteiger partial charge in [-0.25, -0.2) is 0 Å². The summed E-state index contributed by atoms with van der Waals surface area (Å²) in [7, 11) is -0.584. The van der Waals surface area contributed by atoms with Gasteiger partial charge in [-0.3, -0.25) is 4.90 Å². The highest BCUT2D eigenvalue weighted by atomic mass is 28.3. The maximum Gasteiger partial charge on any atom is 0.0409 e. The van der Waals surface area contributed by atoms with E-state index >= 15 is 0 Å². The molecule has 1 nitrogen and oxygen atoms in total. The molecule has 0 radical (unpaired) electrons. The monoisotopic (exact) mass is 365 g/mol. The van der Waals surface area contributed by atoms with Crippen molar-refractivity contribution in [2.45, 2.75) is 122 Å². The summed E-state index contributed by atoms with van der Waals surface area (Å²) in [6, 6.07) is 5.02. The summed E-state index contributed by atoms with van der Waals surface area (Å²) in [6.07, 6.45) is 17.2. The fourth-order valence-electron chi connectivity index (χ4n) is 4.51. The summed E-state index contributed by atoms with van der Waals surface area (Å²) >= 11 is 0. The van der Waals surface area contributed by atoms with Crippen LogP contribution in [0.25, 0.3) is 0 Å². The first-order valence-electron chi connectivity index (χ1n) is 11.6. The van der Waals surface area contributed by atoms with Crippen molar-refractivity contribution in [3.8, 4) is 0 Å². The number of rotatable bonds is 8. The standard InChI is InChI=1S/C23H47NSi/c1-5-19-25(20-6-2)21-22(3)23(4)24-17-15-13-11-9-7-8-10-12-14-16-18-24/h23,25H,3,5-21H2,1-2,4H3. The van der Waals surface area contributed by atoms with Gasteiger partial charge in [0.2, 0.25) is 0 Å². The zero-order chi connectivity index (χ0) is 18.3. The van der Waals surface area contributed by atoms with Crippen molar-refractivity contribution in [1.29, 1.82) is 0 Å². The van der Waals surface area contributed by atoms with E-state index in [2.05, 4.69) is 32.3 Å². The Kier molecular flexibility index (Phi) is 13.8. The molecule has 1 aliphatic heterocycles. The molecule has 1 fully saturated rings. The summed E-state index contributed by atoms with van der Waals surface area (Å²) in [4.78, 5) is 2.78. The van der Waals surface area contributed by atoms with Crippen LogP contribution in [0.1, 0.15) is 97.8 Å². The van der Waals surface area contributed by atoms with Gasteiger partial charge in [-0.2, -0.15) is 0 Å². The van der Waals surface area contributed by atoms with Crippen LogP contribution in [0.4, 0.5) is 0 Å². The van der Waals surface area contributed by atoms with Crippen molar-refractivity contribution < 1.29 is 0 Å². The zero-order valence-corrected chi connectivity index (χ0v) is 19.0. The molecule has 0 aromatic heterocycles. The third-order valence-electron chi connectivity index (χ3n) is 6.22. The molecule has 2 heteroatoms. The fraction of sp³-hybridized carbons (Fsp3) is 0.913. The van der Waals surface area contributed by atoms with Crippen molar-refractivity contribution in [2.75, 3.05) is 13.1 Å². The first kappa shape index (κ1) is 23.0. The van der Waals surface area contributed by atoms with Gasteiger partial charge in [0.05, 0.1) is 0 Å². The lowest BCUT2D eigenvalue weighted by atomic mass is 10.1. The molecule has 1 aliphatic rings. The molecule has 0 amide bonds. The Bertz CT molecular complexity index is 308. The van der Waals surface area contributed by atoms with Crippen LogP contribution >= 0.6 is 0 Å². The second-order valence-electron chi connectivity index (χ2n) is 8.55. The van der Waals surface area contributed by atoms with Gasteiger partial charge in [0.25, 0.3) is 0 Å². The Morgan fingerprint density at radius 2 is 1.20 bits per heavy atom. The molecule has 0 aliphatic carbocycles. The smallest absolute Gasteiger partial charge is 0.0409 e. The van der Waals surface area contributed by atoms with Gasteiger partial charge in [0.1, 0.15) is 0 Å². The van der Waals surface area contributed by atoms with E-state index in [-0.39, 0.29) is 0 Å². The Morgan fingerprint density at radius 3 is 1.60 bits per heavy atom. The Balaban J connectivity index is 2.53. The van der Waals surface area contributed by atoms with Gasteiger partial charge in [-0.15, -0.1) is 0 Å². The first-order chi connectivity index (χ1) is 12.2. The van der Waals surface area contributed by atoms with Gasteiger partial charge in [-0.1, -0.05) is 102 Å². The Hall–Kier alpha value is -0.0831. The molecule has 0 spiro atoms. The quantitative estimate of drug-likeness (QED) is 0.325. The molecule has 1 saturated heterocycles. The number of hydrogen-bond acceptors (Lipinski definition) is 1. The molecule has 1 rings (SSSR count). The largest absolute Gasteiger partial charge is 0.297 e. The summed E-state index contributed by atoms with van der Waals surface area (Å²) in [5.41, 5.74) is 1.56. The summed E-state index contributed by atoms with van der Waals surface area (Å²) in [6.45, 7) is 14.3. The van der Waals surface area contributed by atoms with Crippen LogP contribution in [0.2, 0.25) is 18.1 Å². The van der Waals surface area contributed by atoms with E-state index in [4.69, 9.17) is 0 Å². The van der Waals surface area contributed by atoms with Gasteiger partial charge in [-0.05, 0) is 38.9 Å². The van der Waals surface area contributed by atoms with Crippen LogP contribution in [0.3, 0.4) is 0 Å². The highest BCUT2D eigenvalue weighted by molar-refractivity contribution is 6.59. The normalized spacial score (nSPS) is 20.5. The van der Waals surface area contributed by atoms with E-state index in [1.165, 1.54) is 108 Å². The van der Waals surface area contributed by atoms with E-state index in [0.717, 1.165) is 0 Å². The van der Waals surface area contributed by atoms with Crippen molar-refractivity contribution in [2.24, 2.45) is 0 Å². The van der Waals surface area contributed by atoms with E-state index in [9.17, 15) is 0 Å². The van der Waals surface area contributed by atoms with Crippen LogP contribution in [0.5, 0.6) is 0 Å². The molecule has 1 unspecified atom stereocenters. The fourth-order valence-corrected chi connectivity index (χ4v) is 7.92. The number of hydrogen-bond donors (Lipinski definition) is 0.